The molecule has 0 spiro atoms. The van der Waals surface area contributed by atoms with Crippen molar-refractivity contribution in [3.05, 3.63) is 112 Å². The highest BCUT2D eigenvalue weighted by Gasteiger charge is 2.30. The van der Waals surface area contributed by atoms with Crippen LogP contribution in [0.4, 0.5) is 35.1 Å². The Labute approximate surface area is 226 Å². The summed E-state index contributed by atoms with van der Waals surface area (Å²) in [6.45, 7) is 0.101. The van der Waals surface area contributed by atoms with E-state index < -0.39 is 47.6 Å². The summed E-state index contributed by atoms with van der Waals surface area (Å²) in [5, 5.41) is 0.900. The van der Waals surface area contributed by atoms with Crippen molar-refractivity contribution in [2.45, 2.75) is 51.6 Å². The van der Waals surface area contributed by atoms with Crippen molar-refractivity contribution in [3.8, 4) is 5.75 Å². The van der Waals surface area contributed by atoms with Gasteiger partial charge in [0.25, 0.3) is 0 Å². The van der Waals surface area contributed by atoms with Crippen molar-refractivity contribution in [1.29, 1.82) is 0 Å². The van der Waals surface area contributed by atoms with Crippen molar-refractivity contribution < 1.29 is 39.9 Å². The van der Waals surface area contributed by atoms with Gasteiger partial charge in [0.05, 0.1) is 0 Å². The Morgan fingerprint density at radius 1 is 0.625 bits per heavy atom. The lowest BCUT2D eigenvalue weighted by Gasteiger charge is -2.12. The summed E-state index contributed by atoms with van der Waals surface area (Å²) < 4.78 is 114. The second-order valence-electron chi connectivity index (χ2n) is 9.67. The molecule has 0 aromatic heterocycles. The molecule has 40 heavy (non-hydrogen) atoms. The molecule has 4 aromatic carbocycles. The van der Waals surface area contributed by atoms with Gasteiger partial charge in [0.2, 0.25) is 0 Å². The summed E-state index contributed by atoms with van der Waals surface area (Å²) in [6.07, 6.45) is -2.78. The number of aryl methyl sites for hydroxylation is 4. The van der Waals surface area contributed by atoms with Gasteiger partial charge in [-0.15, -0.1) is 0 Å². The van der Waals surface area contributed by atoms with E-state index in [1.54, 1.807) is 30.3 Å². The zero-order valence-electron chi connectivity index (χ0n) is 21.6. The van der Waals surface area contributed by atoms with Crippen LogP contribution in [0.5, 0.6) is 5.75 Å². The highest BCUT2D eigenvalue weighted by molar-refractivity contribution is 5.84. The molecule has 0 aliphatic heterocycles. The molecule has 0 unspecified atom stereocenters. The molecule has 0 N–H and O–H groups in total. The first-order valence-electron chi connectivity index (χ1n) is 12.8. The lowest BCUT2D eigenvalue weighted by Crippen LogP contribution is -2.20. The fourth-order valence-electron chi connectivity index (χ4n) is 4.66. The maximum Gasteiger partial charge on any atom is 0.422 e. The molecule has 0 amide bonds. The third kappa shape index (κ3) is 7.11. The number of fused-ring (bicyclic) bond motifs is 1. The largest absolute Gasteiger partial charge is 0.478 e. The molecule has 0 aliphatic rings. The minimum Gasteiger partial charge on any atom is -0.478 e. The summed E-state index contributed by atoms with van der Waals surface area (Å²) in [7, 11) is 0. The second kappa shape index (κ2) is 12.3. The van der Waals surface area contributed by atoms with Crippen LogP contribution < -0.4 is 4.74 Å². The second-order valence-corrected chi connectivity index (χ2v) is 9.67. The van der Waals surface area contributed by atoms with Crippen LogP contribution in [-0.2, 0) is 32.1 Å². The van der Waals surface area contributed by atoms with Gasteiger partial charge in [-0.2, -0.15) is 13.2 Å². The molecule has 0 aliphatic carbocycles. The van der Waals surface area contributed by atoms with Gasteiger partial charge in [-0.3, -0.25) is 0 Å². The number of ether oxygens (including phenoxy) is 1. The number of hydrogen-bond donors (Lipinski definition) is 0. The Balaban J connectivity index is 1.44. The maximum absolute atomic E-state index is 15.2. The summed E-state index contributed by atoms with van der Waals surface area (Å²) in [5.41, 5.74) is 1.81. The Morgan fingerprint density at radius 3 is 1.85 bits per heavy atom. The minimum absolute atomic E-state index is 0.00861. The fourth-order valence-corrected chi connectivity index (χ4v) is 4.66. The van der Waals surface area contributed by atoms with Gasteiger partial charge in [0.1, 0.15) is 17.5 Å². The van der Waals surface area contributed by atoms with Crippen LogP contribution in [0, 0.1) is 29.1 Å². The monoisotopic (exact) mass is 566 g/mol. The molecule has 0 fully saturated rings. The summed E-state index contributed by atoms with van der Waals surface area (Å²) in [6, 6.07) is 12.7. The third-order valence-corrected chi connectivity index (χ3v) is 6.62. The number of alkyl halides is 3. The van der Waals surface area contributed by atoms with E-state index in [-0.39, 0.29) is 36.0 Å². The van der Waals surface area contributed by atoms with Crippen LogP contribution in [0.25, 0.3) is 10.8 Å². The molecule has 0 saturated carbocycles. The van der Waals surface area contributed by atoms with Gasteiger partial charge < -0.3 is 4.74 Å². The molecule has 0 atom stereocenters. The van der Waals surface area contributed by atoms with Crippen molar-refractivity contribution in [1.82, 2.24) is 0 Å². The predicted molar refractivity (Wildman–Crippen MR) is 137 cm³/mol. The highest BCUT2D eigenvalue weighted by Crippen LogP contribution is 2.28. The average molecular weight is 567 g/mol. The van der Waals surface area contributed by atoms with Crippen LogP contribution in [0.1, 0.15) is 41.2 Å². The number of halogens is 8. The zero-order valence-corrected chi connectivity index (χ0v) is 21.6. The average Bonchev–Trinajstić information content (AvgIpc) is 2.87. The van der Waals surface area contributed by atoms with Crippen molar-refractivity contribution in [2.75, 3.05) is 6.61 Å². The van der Waals surface area contributed by atoms with E-state index >= 15 is 4.39 Å². The first kappa shape index (κ1) is 29.4. The summed E-state index contributed by atoms with van der Waals surface area (Å²) in [4.78, 5) is 0. The minimum atomic E-state index is -4.75. The zero-order chi connectivity index (χ0) is 29.0. The van der Waals surface area contributed by atoms with E-state index in [0.29, 0.717) is 29.2 Å². The van der Waals surface area contributed by atoms with E-state index in [4.69, 9.17) is 0 Å². The van der Waals surface area contributed by atoms with Crippen molar-refractivity contribution in [3.63, 3.8) is 0 Å². The Hall–Kier alpha value is -3.62. The Morgan fingerprint density at radius 2 is 1.23 bits per heavy atom. The number of benzene rings is 4. The van der Waals surface area contributed by atoms with Gasteiger partial charge in [-0.05, 0) is 84.0 Å². The molecule has 1 nitrogen and oxygen atoms in total. The molecule has 4 aromatic rings. The molecule has 0 saturated heterocycles. The smallest absolute Gasteiger partial charge is 0.422 e. The molecular weight excluding hydrogens is 540 g/mol. The van der Waals surface area contributed by atoms with Crippen molar-refractivity contribution >= 4 is 10.8 Å². The van der Waals surface area contributed by atoms with E-state index in [1.807, 2.05) is 6.92 Å². The SMILES string of the molecule is CCCc1cc(F)c(CCc2ccc3c(F)c(CCc4cc(F)c(OCC(F)(F)F)c(F)c4)ccc3c2)c(F)c1. The van der Waals surface area contributed by atoms with Crippen LogP contribution in [0.2, 0.25) is 0 Å². The quantitative estimate of drug-likeness (QED) is 0.174. The number of hydrogen-bond acceptors (Lipinski definition) is 1. The molecule has 0 heterocycles. The summed E-state index contributed by atoms with van der Waals surface area (Å²) in [5.74, 6) is -5.34. The van der Waals surface area contributed by atoms with Crippen LogP contribution in [-0.4, -0.2) is 12.8 Å². The molecule has 9 heteroatoms. The normalized spacial score (nSPS) is 11.8. The molecule has 0 radical (unpaired) electrons. The molecule has 212 valence electrons. The van der Waals surface area contributed by atoms with Gasteiger partial charge in [-0.25, -0.2) is 22.0 Å². The van der Waals surface area contributed by atoms with Gasteiger partial charge in [0, 0.05) is 10.9 Å². The summed E-state index contributed by atoms with van der Waals surface area (Å²) >= 11 is 0. The van der Waals surface area contributed by atoms with Gasteiger partial charge in [-0.1, -0.05) is 43.7 Å². The Bertz CT molecular complexity index is 1460. The van der Waals surface area contributed by atoms with E-state index in [2.05, 4.69) is 4.74 Å². The number of rotatable bonds is 10. The first-order chi connectivity index (χ1) is 18.9. The van der Waals surface area contributed by atoms with Gasteiger partial charge >= 0.3 is 6.18 Å². The van der Waals surface area contributed by atoms with E-state index in [0.717, 1.165) is 24.1 Å². The standard InChI is InChI=1S/C31H26F8O/c1-2-3-19-13-25(32)24(26(33)14-19)11-6-18-5-10-23-22(12-18)9-8-21(29(23)36)7-4-20-15-27(34)30(28(35)16-20)40-17-31(37,38)39/h5,8-10,12-16H,2-4,6-7,11,17H2,1H3. The van der Waals surface area contributed by atoms with Crippen LogP contribution >= 0.6 is 0 Å². The van der Waals surface area contributed by atoms with Gasteiger partial charge in [0.15, 0.2) is 24.0 Å². The molecule has 0 bridgehead atoms. The fraction of sp³-hybridized carbons (Fsp3) is 0.290. The van der Waals surface area contributed by atoms with E-state index in [1.165, 1.54) is 12.1 Å². The first-order valence-corrected chi connectivity index (χ1v) is 12.8. The lowest BCUT2D eigenvalue weighted by molar-refractivity contribution is -0.154. The lowest BCUT2D eigenvalue weighted by atomic mass is 9.96. The van der Waals surface area contributed by atoms with Crippen LogP contribution in [0.15, 0.2) is 54.6 Å². The topological polar surface area (TPSA) is 9.23 Å². The maximum atomic E-state index is 15.2. The van der Waals surface area contributed by atoms with E-state index in [9.17, 15) is 30.7 Å². The predicted octanol–water partition coefficient (Wildman–Crippen LogP) is 9.00. The molecular formula is C31H26F8O. The Kier molecular flexibility index (Phi) is 9.01. The molecule has 4 rings (SSSR count). The highest BCUT2D eigenvalue weighted by atomic mass is 19.4. The van der Waals surface area contributed by atoms with Crippen LogP contribution in [0.3, 0.4) is 0 Å². The third-order valence-electron chi connectivity index (χ3n) is 6.62. The van der Waals surface area contributed by atoms with Crippen molar-refractivity contribution in [2.24, 2.45) is 0 Å².